The lowest BCUT2D eigenvalue weighted by molar-refractivity contribution is 0.343. The molecular weight excluding hydrogens is 278 g/mol. The molecule has 3 rings (SSSR count). The summed E-state index contributed by atoms with van der Waals surface area (Å²) in [7, 11) is -3.53. The average molecular weight is 295 g/mol. The molecule has 1 saturated heterocycles. The van der Waals surface area contributed by atoms with Gasteiger partial charge < -0.3 is 10.3 Å². The first-order valence-electron chi connectivity index (χ1n) is 6.56. The van der Waals surface area contributed by atoms with Crippen molar-refractivity contribution in [3.63, 3.8) is 0 Å². The molecule has 3 N–H and O–H groups in total. The number of aromatic nitrogens is 3. The number of nitrogens with one attached hydrogen (secondary N) is 3. The third kappa shape index (κ3) is 2.70. The maximum atomic E-state index is 12.1. The number of sulfonamides is 1. The highest BCUT2D eigenvalue weighted by atomic mass is 32.2. The van der Waals surface area contributed by atoms with Crippen molar-refractivity contribution in [2.45, 2.75) is 23.8 Å². The molecule has 1 aliphatic rings. The molecule has 108 valence electrons. The fourth-order valence-electron chi connectivity index (χ4n) is 2.35. The SMILES string of the molecule is O=S(=O)(Nc1cnn(C2CCNCC2)c1)c1cc[nH]c1. The lowest BCUT2D eigenvalue weighted by atomic mass is 10.1. The highest BCUT2D eigenvalue weighted by Crippen LogP contribution is 2.21. The molecule has 0 spiro atoms. The van der Waals surface area contributed by atoms with Gasteiger partial charge in [-0.1, -0.05) is 0 Å². The number of aromatic amines is 1. The first-order chi connectivity index (χ1) is 9.65. The quantitative estimate of drug-likeness (QED) is 0.782. The van der Waals surface area contributed by atoms with Crippen molar-refractivity contribution in [3.05, 3.63) is 30.9 Å². The van der Waals surface area contributed by atoms with Crippen LogP contribution in [0.3, 0.4) is 0 Å². The van der Waals surface area contributed by atoms with Crippen molar-refractivity contribution in [2.24, 2.45) is 0 Å². The standard InChI is InChI=1S/C12H17N5O2S/c18-20(19,12-3-6-14-8-12)16-10-7-15-17(9-10)11-1-4-13-5-2-11/h3,6-9,11,13-14,16H,1-2,4-5H2. The second-order valence-electron chi connectivity index (χ2n) is 4.84. The zero-order valence-electron chi connectivity index (χ0n) is 10.9. The van der Waals surface area contributed by atoms with Gasteiger partial charge in [0.15, 0.2) is 0 Å². The van der Waals surface area contributed by atoms with E-state index in [0.29, 0.717) is 11.7 Å². The fourth-order valence-corrected chi connectivity index (χ4v) is 3.36. The number of rotatable bonds is 4. The second-order valence-corrected chi connectivity index (χ2v) is 6.52. The number of H-pyrrole nitrogens is 1. The predicted octanol–water partition coefficient (Wildman–Crippen LogP) is 0.936. The number of hydrogen-bond acceptors (Lipinski definition) is 4. The van der Waals surface area contributed by atoms with Crippen LogP contribution in [0.25, 0.3) is 0 Å². The smallest absolute Gasteiger partial charge is 0.263 e. The van der Waals surface area contributed by atoms with Crippen LogP contribution < -0.4 is 10.0 Å². The van der Waals surface area contributed by atoms with Gasteiger partial charge in [-0.3, -0.25) is 9.40 Å². The van der Waals surface area contributed by atoms with E-state index in [4.69, 9.17) is 0 Å². The molecule has 2 aromatic heterocycles. The van der Waals surface area contributed by atoms with E-state index in [1.54, 1.807) is 18.6 Å². The number of anilines is 1. The van der Waals surface area contributed by atoms with Gasteiger partial charge in [-0.05, 0) is 32.0 Å². The van der Waals surface area contributed by atoms with E-state index in [0.717, 1.165) is 25.9 Å². The fraction of sp³-hybridized carbons (Fsp3) is 0.417. The summed E-state index contributed by atoms with van der Waals surface area (Å²) < 4.78 is 28.5. The molecule has 0 aliphatic carbocycles. The molecule has 0 unspecified atom stereocenters. The second kappa shape index (κ2) is 5.29. The van der Waals surface area contributed by atoms with E-state index in [9.17, 15) is 8.42 Å². The van der Waals surface area contributed by atoms with Gasteiger partial charge in [-0.15, -0.1) is 0 Å². The zero-order chi connectivity index (χ0) is 14.0. The van der Waals surface area contributed by atoms with Crippen LogP contribution in [0.4, 0.5) is 5.69 Å². The highest BCUT2D eigenvalue weighted by molar-refractivity contribution is 7.92. The topological polar surface area (TPSA) is 91.8 Å². The molecule has 0 saturated carbocycles. The molecule has 7 nitrogen and oxygen atoms in total. The lowest BCUT2D eigenvalue weighted by Crippen LogP contribution is -2.29. The third-order valence-corrected chi connectivity index (χ3v) is 4.80. The largest absolute Gasteiger partial charge is 0.366 e. The van der Waals surface area contributed by atoms with E-state index < -0.39 is 10.0 Å². The number of hydrogen-bond donors (Lipinski definition) is 3. The molecule has 3 heterocycles. The van der Waals surface area contributed by atoms with Gasteiger partial charge in [0.1, 0.15) is 4.90 Å². The summed E-state index contributed by atoms with van der Waals surface area (Å²) >= 11 is 0. The van der Waals surface area contributed by atoms with E-state index in [2.05, 4.69) is 20.1 Å². The maximum absolute atomic E-state index is 12.1. The van der Waals surface area contributed by atoms with Crippen molar-refractivity contribution in [2.75, 3.05) is 17.8 Å². The zero-order valence-corrected chi connectivity index (χ0v) is 11.7. The summed E-state index contributed by atoms with van der Waals surface area (Å²) in [6.07, 6.45) is 8.33. The van der Waals surface area contributed by atoms with Crippen LogP contribution >= 0.6 is 0 Å². The minimum atomic E-state index is -3.53. The summed E-state index contributed by atoms with van der Waals surface area (Å²) in [6.45, 7) is 1.93. The van der Waals surface area contributed by atoms with Gasteiger partial charge in [0, 0.05) is 18.6 Å². The van der Waals surface area contributed by atoms with Gasteiger partial charge in [-0.2, -0.15) is 5.10 Å². The van der Waals surface area contributed by atoms with Crippen molar-refractivity contribution in [1.82, 2.24) is 20.1 Å². The molecule has 0 aromatic carbocycles. The minimum Gasteiger partial charge on any atom is -0.366 e. The Hall–Kier alpha value is -1.80. The van der Waals surface area contributed by atoms with Crippen LogP contribution in [0.5, 0.6) is 0 Å². The Kier molecular flexibility index (Phi) is 3.49. The number of nitrogens with zero attached hydrogens (tertiary/aromatic N) is 2. The summed E-state index contributed by atoms with van der Waals surface area (Å²) in [5.41, 5.74) is 0.490. The lowest BCUT2D eigenvalue weighted by Gasteiger charge is -2.22. The summed E-state index contributed by atoms with van der Waals surface area (Å²) in [5.74, 6) is 0. The van der Waals surface area contributed by atoms with Crippen LogP contribution in [0.2, 0.25) is 0 Å². The molecule has 0 radical (unpaired) electrons. The van der Waals surface area contributed by atoms with Crippen LogP contribution in [-0.2, 0) is 10.0 Å². The van der Waals surface area contributed by atoms with Crippen LogP contribution in [0.15, 0.2) is 35.7 Å². The van der Waals surface area contributed by atoms with Gasteiger partial charge in [0.2, 0.25) is 0 Å². The van der Waals surface area contributed by atoms with Gasteiger partial charge >= 0.3 is 0 Å². The van der Waals surface area contributed by atoms with E-state index in [1.165, 1.54) is 12.3 Å². The summed E-state index contributed by atoms with van der Waals surface area (Å²) in [5, 5.41) is 7.55. The Morgan fingerprint density at radius 1 is 1.35 bits per heavy atom. The molecule has 1 fully saturated rings. The third-order valence-electron chi connectivity index (χ3n) is 3.42. The maximum Gasteiger partial charge on any atom is 0.263 e. The Bertz CT molecular complexity index is 656. The van der Waals surface area contributed by atoms with E-state index in [-0.39, 0.29) is 4.90 Å². The van der Waals surface area contributed by atoms with Crippen molar-refractivity contribution in [3.8, 4) is 0 Å². The van der Waals surface area contributed by atoms with Crippen LogP contribution in [0.1, 0.15) is 18.9 Å². The molecule has 20 heavy (non-hydrogen) atoms. The van der Waals surface area contributed by atoms with Gasteiger partial charge in [0.25, 0.3) is 10.0 Å². The minimum absolute atomic E-state index is 0.215. The molecular formula is C12H17N5O2S. The Labute approximate surface area is 117 Å². The molecule has 0 bridgehead atoms. The Balaban J connectivity index is 1.74. The van der Waals surface area contributed by atoms with E-state index >= 15 is 0 Å². The molecule has 0 atom stereocenters. The predicted molar refractivity (Wildman–Crippen MR) is 75.0 cm³/mol. The van der Waals surface area contributed by atoms with Crippen molar-refractivity contribution >= 4 is 15.7 Å². The molecule has 2 aromatic rings. The molecule has 0 amide bonds. The monoisotopic (exact) mass is 295 g/mol. The van der Waals surface area contributed by atoms with Crippen LogP contribution in [-0.4, -0.2) is 36.3 Å². The van der Waals surface area contributed by atoms with E-state index in [1.807, 2.05) is 4.68 Å². The molecule has 8 heteroatoms. The highest BCUT2D eigenvalue weighted by Gasteiger charge is 2.18. The summed E-state index contributed by atoms with van der Waals surface area (Å²) in [6, 6.07) is 1.85. The van der Waals surface area contributed by atoms with Gasteiger partial charge in [0.05, 0.1) is 17.9 Å². The van der Waals surface area contributed by atoms with Crippen molar-refractivity contribution < 1.29 is 8.42 Å². The Morgan fingerprint density at radius 2 is 2.15 bits per heavy atom. The molecule has 1 aliphatic heterocycles. The average Bonchev–Trinajstić information content (AvgIpc) is 3.10. The Morgan fingerprint density at radius 3 is 2.85 bits per heavy atom. The summed E-state index contributed by atoms with van der Waals surface area (Å²) in [4.78, 5) is 2.95. The van der Waals surface area contributed by atoms with Crippen molar-refractivity contribution in [1.29, 1.82) is 0 Å². The first-order valence-corrected chi connectivity index (χ1v) is 8.04. The van der Waals surface area contributed by atoms with Crippen LogP contribution in [0, 0.1) is 0 Å². The normalized spacial score (nSPS) is 17.2. The first kappa shape index (κ1) is 13.2. The number of piperidine rings is 1. The van der Waals surface area contributed by atoms with Gasteiger partial charge in [-0.25, -0.2) is 8.42 Å².